The summed E-state index contributed by atoms with van der Waals surface area (Å²) in [5, 5.41) is 2.33. The minimum absolute atomic E-state index is 0.0441. The Kier molecular flexibility index (Phi) is 4.89. The van der Waals surface area contributed by atoms with Crippen molar-refractivity contribution < 1.29 is 0 Å². The summed E-state index contributed by atoms with van der Waals surface area (Å²) < 4.78 is 2.91. The minimum atomic E-state index is -0.0441. The van der Waals surface area contributed by atoms with Crippen LogP contribution >= 0.6 is 23.1 Å². The number of fused-ring (bicyclic) bond motifs is 2. The Labute approximate surface area is 182 Å². The number of aryl methyl sites for hydroxylation is 2. The van der Waals surface area contributed by atoms with E-state index in [1.165, 1.54) is 4.70 Å². The van der Waals surface area contributed by atoms with Crippen molar-refractivity contribution in [3.8, 4) is 5.69 Å². The number of aromatic nitrogens is 3. The van der Waals surface area contributed by atoms with Crippen LogP contribution in [0.3, 0.4) is 0 Å². The fourth-order valence-corrected chi connectivity index (χ4v) is 5.60. The highest BCUT2D eigenvalue weighted by Crippen LogP contribution is 2.29. The average molecular weight is 430 g/mol. The van der Waals surface area contributed by atoms with Gasteiger partial charge in [0, 0.05) is 0 Å². The quantitative estimate of drug-likeness (QED) is 0.263. The lowest BCUT2D eigenvalue weighted by molar-refractivity contribution is 0.818. The molecular formula is C24H19N3OS2. The van der Waals surface area contributed by atoms with E-state index in [0.29, 0.717) is 16.3 Å². The Hall–Kier alpha value is -2.96. The lowest BCUT2D eigenvalue weighted by Crippen LogP contribution is -2.22. The van der Waals surface area contributed by atoms with Crippen LogP contribution in [-0.4, -0.2) is 14.5 Å². The summed E-state index contributed by atoms with van der Waals surface area (Å²) in [4.78, 5) is 23.0. The Morgan fingerprint density at radius 2 is 1.60 bits per heavy atom. The zero-order valence-electron chi connectivity index (χ0n) is 16.6. The van der Waals surface area contributed by atoms with Crippen LogP contribution in [-0.2, 0) is 5.75 Å². The van der Waals surface area contributed by atoms with Crippen LogP contribution in [0.1, 0.15) is 16.1 Å². The smallest absolute Gasteiger partial charge is 0.266 e. The van der Waals surface area contributed by atoms with Gasteiger partial charge in [0.2, 0.25) is 0 Å². The summed E-state index contributed by atoms with van der Waals surface area (Å²) in [5.41, 5.74) is 4.77. The van der Waals surface area contributed by atoms with E-state index in [-0.39, 0.29) is 5.56 Å². The monoisotopic (exact) mass is 429 g/mol. The minimum Gasteiger partial charge on any atom is -0.268 e. The van der Waals surface area contributed by atoms with E-state index < -0.39 is 0 Å². The SMILES string of the molecule is Cc1cc(C)cc(-n2c(SCc3nc4ccccc4s3)nc3ccccc3c2=O)c1. The van der Waals surface area contributed by atoms with Gasteiger partial charge in [-0.25, -0.2) is 9.97 Å². The van der Waals surface area contributed by atoms with Crippen molar-refractivity contribution in [1.29, 1.82) is 0 Å². The molecule has 2 heterocycles. The van der Waals surface area contributed by atoms with E-state index in [4.69, 9.17) is 9.97 Å². The molecular weight excluding hydrogens is 410 g/mol. The highest BCUT2D eigenvalue weighted by atomic mass is 32.2. The second kappa shape index (κ2) is 7.70. The van der Waals surface area contributed by atoms with Crippen molar-refractivity contribution >= 4 is 44.2 Å². The maximum Gasteiger partial charge on any atom is 0.266 e. The van der Waals surface area contributed by atoms with Crippen molar-refractivity contribution in [3.63, 3.8) is 0 Å². The second-order valence-corrected chi connectivity index (χ2v) is 9.32. The van der Waals surface area contributed by atoms with E-state index in [1.807, 2.05) is 68.4 Å². The molecule has 4 nitrogen and oxygen atoms in total. The first kappa shape index (κ1) is 19.0. The molecule has 0 bridgehead atoms. The predicted molar refractivity (Wildman–Crippen MR) is 126 cm³/mol. The van der Waals surface area contributed by atoms with Gasteiger partial charge < -0.3 is 0 Å². The normalized spacial score (nSPS) is 11.4. The number of thioether (sulfide) groups is 1. The van der Waals surface area contributed by atoms with E-state index in [9.17, 15) is 4.79 Å². The molecule has 0 spiro atoms. The topological polar surface area (TPSA) is 47.8 Å². The van der Waals surface area contributed by atoms with Gasteiger partial charge in [0.1, 0.15) is 5.01 Å². The molecule has 0 radical (unpaired) electrons. The summed E-state index contributed by atoms with van der Waals surface area (Å²) in [6, 6.07) is 21.8. The Morgan fingerprint density at radius 3 is 2.37 bits per heavy atom. The van der Waals surface area contributed by atoms with E-state index >= 15 is 0 Å². The molecule has 148 valence electrons. The van der Waals surface area contributed by atoms with Crippen LogP contribution in [0.5, 0.6) is 0 Å². The van der Waals surface area contributed by atoms with E-state index in [0.717, 1.165) is 32.9 Å². The Bertz CT molecular complexity index is 1400. The maximum absolute atomic E-state index is 13.4. The van der Waals surface area contributed by atoms with Gasteiger partial charge in [-0.15, -0.1) is 11.3 Å². The summed E-state index contributed by atoms with van der Waals surface area (Å²) in [5.74, 6) is 0.662. The standard InChI is InChI=1S/C24H19N3OS2/c1-15-11-16(2)13-17(12-15)27-23(28)18-7-3-4-8-19(18)26-24(27)29-14-22-25-20-9-5-6-10-21(20)30-22/h3-13H,14H2,1-2H3. The van der Waals surface area contributed by atoms with Gasteiger partial charge in [0.15, 0.2) is 5.16 Å². The molecule has 0 atom stereocenters. The molecule has 0 fully saturated rings. The molecule has 0 aliphatic heterocycles. The van der Waals surface area contributed by atoms with Crippen molar-refractivity contribution in [1.82, 2.24) is 14.5 Å². The van der Waals surface area contributed by atoms with Crippen molar-refractivity contribution in [2.75, 3.05) is 0 Å². The van der Waals surface area contributed by atoms with Crippen LogP contribution in [0.2, 0.25) is 0 Å². The largest absolute Gasteiger partial charge is 0.268 e. The van der Waals surface area contributed by atoms with Gasteiger partial charge in [-0.05, 0) is 61.4 Å². The molecule has 3 aromatic carbocycles. The summed E-state index contributed by atoms with van der Waals surface area (Å²) >= 11 is 3.23. The van der Waals surface area contributed by atoms with Gasteiger partial charge in [-0.2, -0.15) is 0 Å². The lowest BCUT2D eigenvalue weighted by Gasteiger charge is -2.14. The zero-order chi connectivity index (χ0) is 20.7. The average Bonchev–Trinajstić information content (AvgIpc) is 3.14. The molecule has 30 heavy (non-hydrogen) atoms. The molecule has 6 heteroatoms. The number of benzene rings is 3. The van der Waals surface area contributed by atoms with Crippen LogP contribution in [0.4, 0.5) is 0 Å². The third-order valence-corrected chi connectivity index (χ3v) is 7.04. The Morgan fingerprint density at radius 1 is 0.900 bits per heavy atom. The van der Waals surface area contributed by atoms with Crippen molar-refractivity contribution in [3.05, 3.63) is 93.2 Å². The molecule has 0 saturated heterocycles. The summed E-state index contributed by atoms with van der Waals surface area (Å²) in [7, 11) is 0. The number of hydrogen-bond donors (Lipinski definition) is 0. The van der Waals surface area contributed by atoms with Gasteiger partial charge in [0.05, 0.1) is 32.6 Å². The first-order valence-electron chi connectivity index (χ1n) is 9.66. The first-order chi connectivity index (χ1) is 14.6. The third kappa shape index (κ3) is 3.53. The van der Waals surface area contributed by atoms with Crippen molar-refractivity contribution in [2.24, 2.45) is 0 Å². The molecule has 0 unspecified atom stereocenters. The highest BCUT2D eigenvalue weighted by molar-refractivity contribution is 7.98. The predicted octanol–water partition coefficient (Wildman–Crippen LogP) is 5.90. The molecule has 0 saturated carbocycles. The molecule has 0 aliphatic carbocycles. The van der Waals surface area contributed by atoms with Crippen LogP contribution in [0, 0.1) is 13.8 Å². The third-order valence-electron chi connectivity index (χ3n) is 4.87. The number of thiazole rings is 1. The second-order valence-electron chi connectivity index (χ2n) is 7.26. The first-order valence-corrected chi connectivity index (χ1v) is 11.5. The van der Waals surface area contributed by atoms with Gasteiger partial charge in [-0.3, -0.25) is 9.36 Å². The Balaban J connectivity index is 1.63. The number of hydrogen-bond acceptors (Lipinski definition) is 5. The summed E-state index contributed by atoms with van der Waals surface area (Å²) in [6.45, 7) is 4.09. The fourth-order valence-electron chi connectivity index (χ4n) is 3.62. The van der Waals surface area contributed by atoms with Gasteiger partial charge in [-0.1, -0.05) is 42.1 Å². The lowest BCUT2D eigenvalue weighted by atomic mass is 10.1. The van der Waals surface area contributed by atoms with Gasteiger partial charge in [0.25, 0.3) is 5.56 Å². The maximum atomic E-state index is 13.4. The molecule has 5 aromatic rings. The number of para-hydroxylation sites is 2. The zero-order valence-corrected chi connectivity index (χ0v) is 18.3. The van der Waals surface area contributed by atoms with E-state index in [2.05, 4.69) is 12.1 Å². The number of rotatable bonds is 4. The van der Waals surface area contributed by atoms with Crippen molar-refractivity contribution in [2.45, 2.75) is 24.8 Å². The van der Waals surface area contributed by atoms with Crippen LogP contribution in [0.25, 0.3) is 26.8 Å². The van der Waals surface area contributed by atoms with Gasteiger partial charge >= 0.3 is 0 Å². The fraction of sp³-hybridized carbons (Fsp3) is 0.125. The van der Waals surface area contributed by atoms with Crippen LogP contribution in [0.15, 0.2) is 76.7 Å². The van der Waals surface area contributed by atoms with E-state index in [1.54, 1.807) is 27.7 Å². The molecule has 0 amide bonds. The molecule has 5 rings (SSSR count). The molecule has 0 N–H and O–H groups in total. The molecule has 2 aromatic heterocycles. The summed E-state index contributed by atoms with van der Waals surface area (Å²) in [6.07, 6.45) is 0. The van der Waals surface area contributed by atoms with Crippen LogP contribution < -0.4 is 5.56 Å². The highest BCUT2D eigenvalue weighted by Gasteiger charge is 2.15. The number of nitrogens with zero attached hydrogens (tertiary/aromatic N) is 3. The molecule has 0 aliphatic rings.